The number of benzene rings is 1. The van der Waals surface area contributed by atoms with E-state index in [-0.39, 0.29) is 0 Å². The fourth-order valence-corrected chi connectivity index (χ4v) is 2.84. The van der Waals surface area contributed by atoms with E-state index < -0.39 is 0 Å². The van der Waals surface area contributed by atoms with Crippen LogP contribution in [0, 0.1) is 5.41 Å². The maximum atomic E-state index is 5.30. The van der Waals surface area contributed by atoms with Gasteiger partial charge in [0.15, 0.2) is 0 Å². The van der Waals surface area contributed by atoms with E-state index >= 15 is 0 Å². The lowest BCUT2D eigenvalue weighted by atomic mass is 9.65. The zero-order valence-corrected chi connectivity index (χ0v) is 11.7. The summed E-state index contributed by atoms with van der Waals surface area (Å²) in [6, 6.07) is 8.52. The molecule has 2 rings (SSSR count). The second-order valence-electron chi connectivity index (χ2n) is 5.56. The van der Waals surface area contributed by atoms with E-state index in [1.54, 1.807) is 7.11 Å². The molecule has 1 aliphatic rings. The molecule has 1 aliphatic carbocycles. The summed E-state index contributed by atoms with van der Waals surface area (Å²) in [4.78, 5) is 0. The second kappa shape index (κ2) is 6.24. The lowest BCUT2D eigenvalue weighted by molar-refractivity contribution is 0.130. The van der Waals surface area contributed by atoms with Gasteiger partial charge in [0.1, 0.15) is 5.75 Å². The standard InChI is InChI=1S/C16H25NO/c1-3-10-17-13-16(8-5-9-16)12-14-6-4-7-15(11-14)18-2/h4,6-7,11,17H,3,5,8-10,12-13H2,1-2H3. The molecule has 0 heterocycles. The predicted octanol–water partition coefficient (Wildman–Crippen LogP) is 3.41. The highest BCUT2D eigenvalue weighted by molar-refractivity contribution is 5.29. The van der Waals surface area contributed by atoms with Gasteiger partial charge in [-0.1, -0.05) is 25.5 Å². The van der Waals surface area contributed by atoms with Gasteiger partial charge >= 0.3 is 0 Å². The van der Waals surface area contributed by atoms with Crippen molar-refractivity contribution in [2.75, 3.05) is 20.2 Å². The lowest BCUT2D eigenvalue weighted by Crippen LogP contribution is -2.41. The van der Waals surface area contributed by atoms with Crippen molar-refractivity contribution in [3.8, 4) is 5.75 Å². The van der Waals surface area contributed by atoms with Crippen molar-refractivity contribution in [1.82, 2.24) is 5.32 Å². The molecule has 0 unspecified atom stereocenters. The summed E-state index contributed by atoms with van der Waals surface area (Å²) < 4.78 is 5.30. The maximum absolute atomic E-state index is 5.30. The first-order valence-corrected chi connectivity index (χ1v) is 7.12. The van der Waals surface area contributed by atoms with Crippen LogP contribution in [0.25, 0.3) is 0 Å². The molecule has 100 valence electrons. The second-order valence-corrected chi connectivity index (χ2v) is 5.56. The molecular weight excluding hydrogens is 222 g/mol. The first-order valence-electron chi connectivity index (χ1n) is 7.12. The van der Waals surface area contributed by atoms with Gasteiger partial charge in [-0.05, 0) is 55.3 Å². The summed E-state index contributed by atoms with van der Waals surface area (Å²) in [6.45, 7) is 4.53. The molecule has 0 radical (unpaired) electrons. The summed E-state index contributed by atoms with van der Waals surface area (Å²) in [5.74, 6) is 0.975. The third-order valence-electron chi connectivity index (χ3n) is 4.05. The molecule has 0 atom stereocenters. The quantitative estimate of drug-likeness (QED) is 0.746. The van der Waals surface area contributed by atoms with E-state index in [1.807, 2.05) is 6.07 Å². The Morgan fingerprint density at radius 3 is 2.78 bits per heavy atom. The molecule has 2 heteroatoms. The molecule has 0 aromatic heterocycles. The first-order chi connectivity index (χ1) is 8.78. The molecule has 1 fully saturated rings. The summed E-state index contributed by atoms with van der Waals surface area (Å²) in [7, 11) is 1.74. The normalized spacial score (nSPS) is 17.2. The number of rotatable bonds is 7. The molecular formula is C16H25NO. The zero-order chi connectivity index (χ0) is 12.8. The van der Waals surface area contributed by atoms with Gasteiger partial charge in [0.2, 0.25) is 0 Å². The molecule has 1 saturated carbocycles. The average molecular weight is 247 g/mol. The summed E-state index contributed by atoms with van der Waals surface area (Å²) in [6.07, 6.45) is 6.51. The molecule has 2 nitrogen and oxygen atoms in total. The molecule has 1 aromatic carbocycles. The van der Waals surface area contributed by atoms with E-state index in [1.165, 1.54) is 37.7 Å². The molecule has 0 saturated heterocycles. The molecule has 1 aromatic rings. The van der Waals surface area contributed by atoms with Crippen LogP contribution in [-0.4, -0.2) is 20.2 Å². The highest BCUT2D eigenvalue weighted by Gasteiger charge is 2.36. The topological polar surface area (TPSA) is 21.3 Å². The van der Waals surface area contributed by atoms with Gasteiger partial charge in [0.25, 0.3) is 0 Å². The van der Waals surface area contributed by atoms with Gasteiger partial charge in [0, 0.05) is 6.54 Å². The van der Waals surface area contributed by atoms with Gasteiger partial charge in [-0.15, -0.1) is 0 Å². The fraction of sp³-hybridized carbons (Fsp3) is 0.625. The van der Waals surface area contributed by atoms with Crippen molar-refractivity contribution in [2.24, 2.45) is 5.41 Å². The van der Waals surface area contributed by atoms with E-state index in [9.17, 15) is 0 Å². The SMILES string of the molecule is CCCNCC1(Cc2cccc(OC)c2)CCC1. The highest BCUT2D eigenvalue weighted by atomic mass is 16.5. The Hall–Kier alpha value is -1.02. The minimum atomic E-state index is 0.502. The van der Waals surface area contributed by atoms with Crippen LogP contribution in [0.2, 0.25) is 0 Å². The minimum absolute atomic E-state index is 0.502. The maximum Gasteiger partial charge on any atom is 0.119 e. The van der Waals surface area contributed by atoms with E-state index in [0.29, 0.717) is 5.41 Å². The van der Waals surface area contributed by atoms with Gasteiger partial charge in [-0.25, -0.2) is 0 Å². The predicted molar refractivity (Wildman–Crippen MR) is 76.1 cm³/mol. The van der Waals surface area contributed by atoms with Crippen molar-refractivity contribution < 1.29 is 4.74 Å². The van der Waals surface area contributed by atoms with Gasteiger partial charge in [0.05, 0.1) is 7.11 Å². The summed E-state index contributed by atoms with van der Waals surface area (Å²) in [5, 5.41) is 3.60. The molecule has 0 aliphatic heterocycles. The van der Waals surface area contributed by atoms with Crippen LogP contribution in [0.1, 0.15) is 38.2 Å². The van der Waals surface area contributed by atoms with Crippen molar-refractivity contribution >= 4 is 0 Å². The molecule has 18 heavy (non-hydrogen) atoms. The van der Waals surface area contributed by atoms with Crippen LogP contribution in [-0.2, 0) is 6.42 Å². The Labute approximate surface area is 111 Å². The highest BCUT2D eigenvalue weighted by Crippen LogP contribution is 2.43. The van der Waals surface area contributed by atoms with Crippen LogP contribution >= 0.6 is 0 Å². The molecule has 0 bridgehead atoms. The van der Waals surface area contributed by atoms with Crippen LogP contribution in [0.15, 0.2) is 24.3 Å². The summed E-state index contributed by atoms with van der Waals surface area (Å²) >= 11 is 0. The Morgan fingerprint density at radius 2 is 2.17 bits per heavy atom. The fourth-order valence-electron chi connectivity index (χ4n) is 2.84. The van der Waals surface area contributed by atoms with E-state index in [4.69, 9.17) is 4.74 Å². The Bertz CT molecular complexity index is 371. The van der Waals surface area contributed by atoms with Crippen LogP contribution in [0.4, 0.5) is 0 Å². The molecule has 1 N–H and O–H groups in total. The lowest BCUT2D eigenvalue weighted by Gasteiger charge is -2.42. The van der Waals surface area contributed by atoms with Crippen LogP contribution in [0.5, 0.6) is 5.75 Å². The Balaban J connectivity index is 1.96. The van der Waals surface area contributed by atoms with Crippen molar-refractivity contribution in [2.45, 2.75) is 39.0 Å². The number of nitrogens with one attached hydrogen (secondary N) is 1. The van der Waals surface area contributed by atoms with Gasteiger partial charge < -0.3 is 10.1 Å². The monoisotopic (exact) mass is 247 g/mol. The zero-order valence-electron chi connectivity index (χ0n) is 11.7. The van der Waals surface area contributed by atoms with Crippen LogP contribution in [0.3, 0.4) is 0 Å². The van der Waals surface area contributed by atoms with Crippen molar-refractivity contribution in [3.63, 3.8) is 0 Å². The van der Waals surface area contributed by atoms with Gasteiger partial charge in [-0.3, -0.25) is 0 Å². The number of methoxy groups -OCH3 is 1. The number of hydrogen-bond acceptors (Lipinski definition) is 2. The average Bonchev–Trinajstić information content (AvgIpc) is 2.36. The third-order valence-corrected chi connectivity index (χ3v) is 4.05. The summed E-state index contributed by atoms with van der Waals surface area (Å²) in [5.41, 5.74) is 1.91. The first kappa shape index (κ1) is 13.4. The third kappa shape index (κ3) is 3.26. The van der Waals surface area contributed by atoms with Crippen molar-refractivity contribution in [1.29, 1.82) is 0 Å². The molecule has 0 amide bonds. The largest absolute Gasteiger partial charge is 0.497 e. The minimum Gasteiger partial charge on any atom is -0.497 e. The molecule has 0 spiro atoms. The van der Waals surface area contributed by atoms with Gasteiger partial charge in [-0.2, -0.15) is 0 Å². The number of hydrogen-bond donors (Lipinski definition) is 1. The Kier molecular flexibility index (Phi) is 4.65. The van der Waals surface area contributed by atoms with E-state index in [0.717, 1.165) is 18.8 Å². The smallest absolute Gasteiger partial charge is 0.119 e. The number of ether oxygens (including phenoxy) is 1. The Morgan fingerprint density at radius 1 is 1.33 bits per heavy atom. The van der Waals surface area contributed by atoms with Crippen LogP contribution < -0.4 is 10.1 Å². The van der Waals surface area contributed by atoms with Crippen molar-refractivity contribution in [3.05, 3.63) is 29.8 Å². The van der Waals surface area contributed by atoms with E-state index in [2.05, 4.69) is 30.4 Å².